The summed E-state index contributed by atoms with van der Waals surface area (Å²) in [7, 11) is 1.52. The Kier molecular flexibility index (Phi) is 6.94. The van der Waals surface area contributed by atoms with Crippen molar-refractivity contribution < 1.29 is 19.5 Å². The molecule has 1 fully saturated rings. The summed E-state index contributed by atoms with van der Waals surface area (Å²) in [4.78, 5) is 40.5. The van der Waals surface area contributed by atoms with Gasteiger partial charge in [-0.3, -0.25) is 24.8 Å². The second-order valence-electron chi connectivity index (χ2n) is 8.57. The van der Waals surface area contributed by atoms with Crippen molar-refractivity contribution in [1.29, 1.82) is 0 Å². The lowest BCUT2D eigenvalue weighted by molar-refractivity contribution is -0.123. The van der Waals surface area contributed by atoms with Crippen LogP contribution in [0.4, 0.5) is 10.5 Å². The van der Waals surface area contributed by atoms with Crippen LogP contribution in [-0.4, -0.2) is 38.9 Å². The van der Waals surface area contributed by atoms with Gasteiger partial charge in [-0.05, 0) is 60.2 Å². The van der Waals surface area contributed by atoms with Crippen LogP contribution < -0.4 is 20.8 Å². The number of imide groups is 1. The molecule has 0 atom stereocenters. The molecular formula is C27H21ClN5O6-. The molecule has 1 aromatic heterocycles. The maximum absolute atomic E-state index is 13.6. The highest BCUT2D eigenvalue weighted by Crippen LogP contribution is 2.26. The number of aromatic amines is 1. The van der Waals surface area contributed by atoms with Crippen LogP contribution >= 0.6 is 11.6 Å². The van der Waals surface area contributed by atoms with Gasteiger partial charge in [0.1, 0.15) is 11.4 Å². The third-order valence-corrected chi connectivity index (χ3v) is 6.37. The predicted molar refractivity (Wildman–Crippen MR) is 145 cm³/mol. The minimum Gasteiger partial charge on any atom is -0.733 e. The van der Waals surface area contributed by atoms with Crippen LogP contribution in [0.3, 0.4) is 0 Å². The molecule has 198 valence electrons. The molecule has 0 radical (unpaired) electrons. The summed E-state index contributed by atoms with van der Waals surface area (Å²) in [5.74, 6) is -0.00866. The molecule has 0 bridgehead atoms. The molecule has 0 saturated carbocycles. The van der Waals surface area contributed by atoms with E-state index in [-0.39, 0.29) is 28.7 Å². The summed E-state index contributed by atoms with van der Waals surface area (Å²) in [6, 6.07) is 18.7. The normalized spacial score (nSPS) is 14.2. The van der Waals surface area contributed by atoms with Gasteiger partial charge in [-0.25, -0.2) is 9.48 Å². The highest BCUT2D eigenvalue weighted by molar-refractivity contribution is 6.30. The molecule has 1 aliphatic rings. The van der Waals surface area contributed by atoms with E-state index in [2.05, 4.69) is 10.4 Å². The highest BCUT2D eigenvalue weighted by Gasteiger charge is 2.34. The van der Waals surface area contributed by atoms with Gasteiger partial charge in [0.2, 0.25) is 0 Å². The van der Waals surface area contributed by atoms with Crippen LogP contribution in [0.1, 0.15) is 11.1 Å². The smallest absolute Gasteiger partial charge is 0.329 e. The molecule has 3 amide bonds. The number of methoxy groups -OCH3 is 1. The maximum atomic E-state index is 13.6. The number of carbonyl (C=O) groups excluding carboxylic acids is 2. The molecular weight excluding hydrogens is 526 g/mol. The van der Waals surface area contributed by atoms with Crippen molar-refractivity contribution in [2.75, 3.05) is 12.3 Å². The van der Waals surface area contributed by atoms with Crippen molar-refractivity contribution in [3.8, 4) is 22.7 Å². The van der Waals surface area contributed by atoms with E-state index in [0.717, 1.165) is 4.90 Å². The number of anilines is 1. The van der Waals surface area contributed by atoms with Crippen molar-refractivity contribution >= 4 is 35.3 Å². The van der Waals surface area contributed by atoms with Crippen LogP contribution in [0.2, 0.25) is 5.02 Å². The second-order valence-corrected chi connectivity index (χ2v) is 9.00. The minimum absolute atomic E-state index is 0.00849. The van der Waals surface area contributed by atoms with Crippen LogP contribution in [0.5, 0.6) is 5.75 Å². The van der Waals surface area contributed by atoms with E-state index in [4.69, 9.17) is 21.5 Å². The van der Waals surface area contributed by atoms with Gasteiger partial charge in [-0.15, -0.1) is 0 Å². The van der Waals surface area contributed by atoms with Gasteiger partial charge in [-0.1, -0.05) is 35.9 Å². The van der Waals surface area contributed by atoms with Crippen molar-refractivity contribution in [2.45, 2.75) is 6.54 Å². The fraction of sp³-hybridized carbons (Fsp3) is 0.0741. The number of hydrogen-bond donors (Lipinski definition) is 3. The number of hydrogen-bond acceptors (Lipinski definition) is 7. The van der Waals surface area contributed by atoms with E-state index >= 15 is 0 Å². The van der Waals surface area contributed by atoms with E-state index in [0.29, 0.717) is 33.3 Å². The van der Waals surface area contributed by atoms with Gasteiger partial charge < -0.3 is 20.5 Å². The molecule has 2 heterocycles. The standard InChI is InChI=1S/C27H21ClN5O6/c1-39-21-4-2-3-16(13-21)15-31-26(35)23(29-27(31)36)14-22-24(17-5-7-18(28)8-6-17)30-32(25(22)34)19-9-11-20(12-10-19)33(37)38/h2-14,30,37H,15H2,1H3,(H,29,36)/q-1/b23-14-. The average Bonchev–Trinajstić information content (AvgIpc) is 3.40. The summed E-state index contributed by atoms with van der Waals surface area (Å²) < 4.78 is 6.44. The summed E-state index contributed by atoms with van der Waals surface area (Å²) in [6.07, 6.45) is 1.33. The molecule has 11 nitrogen and oxygen atoms in total. The molecule has 1 saturated heterocycles. The molecule has 39 heavy (non-hydrogen) atoms. The fourth-order valence-corrected chi connectivity index (χ4v) is 4.27. The number of nitrogens with one attached hydrogen (secondary N) is 2. The number of urea groups is 1. The number of halogens is 1. The zero-order valence-electron chi connectivity index (χ0n) is 20.4. The Morgan fingerprint density at radius 3 is 2.44 bits per heavy atom. The van der Waals surface area contributed by atoms with Crippen LogP contribution in [0.15, 0.2) is 83.3 Å². The quantitative estimate of drug-likeness (QED) is 0.178. The van der Waals surface area contributed by atoms with E-state index < -0.39 is 17.5 Å². The number of aromatic nitrogens is 2. The van der Waals surface area contributed by atoms with Gasteiger partial charge in [-0.2, -0.15) is 0 Å². The van der Waals surface area contributed by atoms with Crippen molar-refractivity contribution in [3.05, 3.63) is 110 Å². The van der Waals surface area contributed by atoms with Crippen LogP contribution in [0, 0.1) is 5.21 Å². The second kappa shape index (κ2) is 10.5. The summed E-state index contributed by atoms with van der Waals surface area (Å²) >= 11 is 6.04. The van der Waals surface area contributed by atoms with E-state index in [1.807, 2.05) is 0 Å². The lowest BCUT2D eigenvalue weighted by Gasteiger charge is -2.21. The first-order valence-electron chi connectivity index (χ1n) is 11.6. The SMILES string of the molecule is COc1cccc(CN2C(=O)N/C(=C\c3c(-c4ccc(Cl)cc4)[nH]n(-c4ccc(N([O-])O)cc4)c3=O)C2=O)c1. The molecule has 0 aliphatic carbocycles. The Bertz CT molecular complexity index is 1640. The largest absolute Gasteiger partial charge is 0.733 e. The topological polar surface area (TPSA) is 143 Å². The molecule has 3 aromatic carbocycles. The molecule has 0 unspecified atom stereocenters. The number of benzene rings is 3. The summed E-state index contributed by atoms with van der Waals surface area (Å²) in [6.45, 7) is 0.00849. The maximum Gasteiger partial charge on any atom is 0.329 e. The third kappa shape index (κ3) is 5.14. The van der Waals surface area contributed by atoms with E-state index in [1.54, 1.807) is 48.5 Å². The number of rotatable bonds is 7. The lowest BCUT2D eigenvalue weighted by Crippen LogP contribution is -2.30. The molecule has 1 aliphatic heterocycles. The Hall–Kier alpha value is -4.84. The molecule has 0 spiro atoms. The van der Waals surface area contributed by atoms with E-state index in [9.17, 15) is 19.6 Å². The lowest BCUT2D eigenvalue weighted by atomic mass is 10.1. The monoisotopic (exact) mass is 546 g/mol. The number of amides is 3. The Morgan fingerprint density at radius 1 is 1.05 bits per heavy atom. The first-order valence-corrected chi connectivity index (χ1v) is 12.0. The zero-order chi connectivity index (χ0) is 27.7. The van der Waals surface area contributed by atoms with Crippen LogP contribution in [0.25, 0.3) is 23.0 Å². The molecule has 4 aromatic rings. The van der Waals surface area contributed by atoms with Crippen molar-refractivity contribution in [2.24, 2.45) is 0 Å². The van der Waals surface area contributed by atoms with Gasteiger partial charge in [0.15, 0.2) is 0 Å². The molecule has 5 rings (SSSR count). The Balaban J connectivity index is 1.55. The van der Waals surface area contributed by atoms with Crippen molar-refractivity contribution in [1.82, 2.24) is 20.0 Å². The van der Waals surface area contributed by atoms with Crippen LogP contribution in [-0.2, 0) is 11.3 Å². The van der Waals surface area contributed by atoms with E-state index in [1.165, 1.54) is 42.1 Å². The van der Waals surface area contributed by atoms with Crippen molar-refractivity contribution in [3.63, 3.8) is 0 Å². The minimum atomic E-state index is -0.625. The number of H-pyrrole nitrogens is 1. The Labute approximate surface area is 226 Å². The first-order chi connectivity index (χ1) is 18.7. The number of nitrogens with zero attached hydrogens (tertiary/aromatic N) is 3. The van der Waals surface area contributed by atoms with Gasteiger partial charge >= 0.3 is 6.03 Å². The summed E-state index contributed by atoms with van der Waals surface area (Å²) in [5, 5.41) is 26.0. The fourth-order valence-electron chi connectivity index (χ4n) is 4.14. The van der Waals surface area contributed by atoms with Gasteiger partial charge in [0.05, 0.1) is 36.3 Å². The highest BCUT2D eigenvalue weighted by atomic mass is 35.5. The number of ether oxygens (including phenoxy) is 1. The molecule has 3 N–H and O–H groups in total. The predicted octanol–water partition coefficient (Wildman–Crippen LogP) is 4.28. The number of carbonyl (C=O) groups is 2. The first kappa shape index (κ1) is 25.8. The average molecular weight is 547 g/mol. The van der Waals surface area contributed by atoms with Gasteiger partial charge in [0, 0.05) is 10.6 Å². The van der Waals surface area contributed by atoms with Gasteiger partial charge in [0.25, 0.3) is 11.5 Å². The summed E-state index contributed by atoms with van der Waals surface area (Å²) in [5.41, 5.74) is 1.53. The Morgan fingerprint density at radius 2 is 1.77 bits per heavy atom. The molecule has 12 heteroatoms. The third-order valence-electron chi connectivity index (χ3n) is 6.11. The zero-order valence-corrected chi connectivity index (χ0v) is 21.2.